The minimum Gasteiger partial charge on any atom is -0.325 e. The molecule has 2 aromatic carbocycles. The van der Waals surface area contributed by atoms with Gasteiger partial charge in [0.25, 0.3) is 0 Å². The summed E-state index contributed by atoms with van der Waals surface area (Å²) in [5.74, 6) is 0.00585. The van der Waals surface area contributed by atoms with Crippen LogP contribution >= 0.6 is 23.1 Å². The van der Waals surface area contributed by atoms with Crippen LogP contribution in [0.1, 0.15) is 19.8 Å². The van der Waals surface area contributed by atoms with Crippen LogP contribution in [0.3, 0.4) is 0 Å². The molecule has 2 amide bonds. The second-order valence-electron chi connectivity index (χ2n) is 5.92. The fourth-order valence-corrected chi connectivity index (χ4v) is 4.07. The minimum atomic E-state index is -0.125. The molecule has 3 aromatic rings. The highest BCUT2D eigenvalue weighted by molar-refractivity contribution is 8.01. The van der Waals surface area contributed by atoms with Crippen molar-refractivity contribution in [2.75, 3.05) is 16.4 Å². The number of nitrogens with one attached hydrogen (secondary N) is 2. The van der Waals surface area contributed by atoms with E-state index in [2.05, 4.69) is 20.8 Å². The van der Waals surface area contributed by atoms with E-state index < -0.39 is 0 Å². The molecule has 0 spiro atoms. The SMILES string of the molecule is CCCC(=O)Nc1nnc(SCC(=O)Nc2ccccc2-c2ccccc2)s1. The topological polar surface area (TPSA) is 84.0 Å². The summed E-state index contributed by atoms with van der Waals surface area (Å²) in [6.07, 6.45) is 1.22. The van der Waals surface area contributed by atoms with E-state index in [4.69, 9.17) is 0 Å². The van der Waals surface area contributed by atoms with Gasteiger partial charge in [0.15, 0.2) is 4.34 Å². The fraction of sp³-hybridized carbons (Fsp3) is 0.200. The van der Waals surface area contributed by atoms with Crippen LogP contribution < -0.4 is 10.6 Å². The third-order valence-electron chi connectivity index (χ3n) is 3.74. The van der Waals surface area contributed by atoms with Crippen molar-refractivity contribution in [2.45, 2.75) is 24.1 Å². The molecule has 0 saturated carbocycles. The zero-order chi connectivity index (χ0) is 19.8. The molecule has 2 N–H and O–H groups in total. The molecule has 0 fully saturated rings. The second kappa shape index (κ2) is 10.0. The first-order valence-corrected chi connectivity index (χ1v) is 10.7. The average molecular weight is 413 g/mol. The first-order chi connectivity index (χ1) is 13.7. The number of carbonyl (C=O) groups is 2. The number of aromatic nitrogens is 2. The highest BCUT2D eigenvalue weighted by atomic mass is 32.2. The quantitative estimate of drug-likeness (QED) is 0.415. The summed E-state index contributed by atoms with van der Waals surface area (Å²) >= 11 is 2.56. The highest BCUT2D eigenvalue weighted by Crippen LogP contribution is 2.29. The molecule has 0 aliphatic heterocycles. The molecule has 6 nitrogen and oxygen atoms in total. The van der Waals surface area contributed by atoms with Gasteiger partial charge < -0.3 is 10.6 Å². The van der Waals surface area contributed by atoms with Gasteiger partial charge in [0.2, 0.25) is 16.9 Å². The van der Waals surface area contributed by atoms with E-state index in [1.54, 1.807) is 0 Å². The Bertz CT molecular complexity index is 944. The molecule has 1 aromatic heterocycles. The van der Waals surface area contributed by atoms with Crippen molar-refractivity contribution in [1.82, 2.24) is 10.2 Å². The Balaban J connectivity index is 1.57. The summed E-state index contributed by atoms with van der Waals surface area (Å²) in [6.45, 7) is 1.94. The summed E-state index contributed by atoms with van der Waals surface area (Å²) < 4.78 is 0.637. The number of hydrogen-bond acceptors (Lipinski definition) is 6. The zero-order valence-electron chi connectivity index (χ0n) is 15.3. The Kier molecular flexibility index (Phi) is 7.16. The predicted molar refractivity (Wildman–Crippen MR) is 115 cm³/mol. The Morgan fingerprint density at radius 1 is 0.964 bits per heavy atom. The lowest BCUT2D eigenvalue weighted by Crippen LogP contribution is -2.14. The Morgan fingerprint density at radius 2 is 1.71 bits per heavy atom. The Hall–Kier alpha value is -2.71. The number of anilines is 2. The average Bonchev–Trinajstić information content (AvgIpc) is 3.15. The molecule has 0 aliphatic rings. The molecular weight excluding hydrogens is 392 g/mol. The number of benzene rings is 2. The van der Waals surface area contributed by atoms with Crippen molar-refractivity contribution in [3.05, 3.63) is 54.6 Å². The van der Waals surface area contributed by atoms with Crippen molar-refractivity contribution >= 4 is 45.7 Å². The van der Waals surface area contributed by atoms with Crippen molar-refractivity contribution in [3.63, 3.8) is 0 Å². The normalized spacial score (nSPS) is 10.5. The Labute approximate surface area is 171 Å². The van der Waals surface area contributed by atoms with Crippen LogP contribution in [-0.2, 0) is 9.59 Å². The predicted octanol–water partition coefficient (Wildman–Crippen LogP) is 4.67. The molecule has 1 heterocycles. The number of carbonyl (C=O) groups excluding carboxylic acids is 2. The monoisotopic (exact) mass is 412 g/mol. The van der Waals surface area contributed by atoms with Gasteiger partial charge in [-0.05, 0) is 18.1 Å². The van der Waals surface area contributed by atoms with E-state index in [1.807, 2.05) is 61.5 Å². The van der Waals surface area contributed by atoms with Crippen LogP contribution in [0.25, 0.3) is 11.1 Å². The van der Waals surface area contributed by atoms with E-state index in [0.717, 1.165) is 23.2 Å². The van der Waals surface area contributed by atoms with Gasteiger partial charge >= 0.3 is 0 Å². The molecule has 0 unspecified atom stereocenters. The Morgan fingerprint density at radius 3 is 2.50 bits per heavy atom. The number of para-hydroxylation sites is 1. The summed E-state index contributed by atoms with van der Waals surface area (Å²) in [6, 6.07) is 17.6. The molecule has 0 bridgehead atoms. The van der Waals surface area contributed by atoms with Gasteiger partial charge in [0.05, 0.1) is 5.75 Å². The lowest BCUT2D eigenvalue weighted by Gasteiger charge is -2.10. The molecule has 3 rings (SSSR count). The van der Waals surface area contributed by atoms with Crippen LogP contribution in [-0.4, -0.2) is 27.8 Å². The van der Waals surface area contributed by atoms with Crippen molar-refractivity contribution in [2.24, 2.45) is 0 Å². The fourth-order valence-electron chi connectivity index (χ4n) is 2.50. The van der Waals surface area contributed by atoms with Crippen molar-refractivity contribution in [3.8, 4) is 11.1 Å². The number of amides is 2. The van der Waals surface area contributed by atoms with Crippen LogP contribution in [0.5, 0.6) is 0 Å². The van der Waals surface area contributed by atoms with Gasteiger partial charge in [-0.15, -0.1) is 10.2 Å². The summed E-state index contributed by atoms with van der Waals surface area (Å²) in [5, 5.41) is 14.1. The zero-order valence-corrected chi connectivity index (χ0v) is 17.0. The van der Waals surface area contributed by atoms with Gasteiger partial charge in [-0.25, -0.2) is 0 Å². The first-order valence-electron chi connectivity index (χ1n) is 8.86. The van der Waals surface area contributed by atoms with E-state index in [1.165, 1.54) is 23.1 Å². The van der Waals surface area contributed by atoms with Crippen LogP contribution in [0.2, 0.25) is 0 Å². The van der Waals surface area contributed by atoms with Gasteiger partial charge in [-0.2, -0.15) is 0 Å². The second-order valence-corrected chi connectivity index (χ2v) is 8.12. The van der Waals surface area contributed by atoms with E-state index in [0.29, 0.717) is 15.9 Å². The van der Waals surface area contributed by atoms with Gasteiger partial charge in [0.1, 0.15) is 0 Å². The maximum absolute atomic E-state index is 12.4. The largest absolute Gasteiger partial charge is 0.325 e. The molecule has 8 heteroatoms. The van der Waals surface area contributed by atoms with Crippen molar-refractivity contribution < 1.29 is 9.59 Å². The summed E-state index contributed by atoms with van der Waals surface area (Å²) in [4.78, 5) is 24.0. The van der Waals surface area contributed by atoms with Crippen molar-refractivity contribution in [1.29, 1.82) is 0 Å². The van der Waals surface area contributed by atoms with E-state index in [9.17, 15) is 9.59 Å². The molecule has 144 valence electrons. The van der Waals surface area contributed by atoms with Crippen LogP contribution in [0, 0.1) is 0 Å². The first kappa shape index (κ1) is 20.0. The van der Waals surface area contributed by atoms with E-state index >= 15 is 0 Å². The molecule has 0 radical (unpaired) electrons. The smallest absolute Gasteiger partial charge is 0.234 e. The number of rotatable bonds is 8. The number of hydrogen-bond donors (Lipinski definition) is 2. The third kappa shape index (κ3) is 5.64. The molecular formula is C20H20N4O2S2. The number of thioether (sulfide) groups is 1. The maximum Gasteiger partial charge on any atom is 0.234 e. The van der Waals surface area contributed by atoms with Gasteiger partial charge in [0, 0.05) is 17.7 Å². The summed E-state index contributed by atoms with van der Waals surface area (Å²) in [7, 11) is 0. The minimum absolute atomic E-state index is 0.0783. The lowest BCUT2D eigenvalue weighted by molar-refractivity contribution is -0.116. The maximum atomic E-state index is 12.4. The third-order valence-corrected chi connectivity index (χ3v) is 5.71. The van der Waals surface area contributed by atoms with E-state index in [-0.39, 0.29) is 17.6 Å². The molecule has 0 saturated heterocycles. The number of nitrogens with zero attached hydrogens (tertiary/aromatic N) is 2. The van der Waals surface area contributed by atoms with Crippen LogP contribution in [0.4, 0.5) is 10.8 Å². The molecule has 28 heavy (non-hydrogen) atoms. The van der Waals surface area contributed by atoms with Gasteiger partial charge in [-0.1, -0.05) is 78.6 Å². The molecule has 0 aliphatic carbocycles. The highest BCUT2D eigenvalue weighted by Gasteiger charge is 2.12. The molecule has 0 atom stereocenters. The standard InChI is InChI=1S/C20H20N4O2S2/c1-2-8-17(25)22-19-23-24-20(28-19)27-13-18(26)21-16-12-7-6-11-15(16)14-9-4-3-5-10-14/h3-7,9-12H,2,8,13H2,1H3,(H,21,26)(H,22,23,25). The lowest BCUT2D eigenvalue weighted by atomic mass is 10.0. The summed E-state index contributed by atoms with van der Waals surface area (Å²) in [5.41, 5.74) is 2.78. The van der Waals surface area contributed by atoms with Gasteiger partial charge in [-0.3, -0.25) is 9.59 Å². The van der Waals surface area contributed by atoms with Crippen LogP contribution in [0.15, 0.2) is 58.9 Å².